The molecule has 5 heteroatoms. The average molecular weight is 389 g/mol. The molecule has 1 amide bonds. The molecule has 3 aromatic rings. The second-order valence-corrected chi connectivity index (χ2v) is 7.14. The van der Waals surface area contributed by atoms with Crippen molar-refractivity contribution in [2.75, 3.05) is 13.3 Å². The first kappa shape index (κ1) is 19.0. The van der Waals surface area contributed by atoms with E-state index in [0.29, 0.717) is 6.54 Å². The maximum absolute atomic E-state index is 12.6. The minimum Gasteiger partial charge on any atom is -0.454 e. The number of fused-ring (bicyclic) bond motifs is 1. The van der Waals surface area contributed by atoms with Crippen molar-refractivity contribution in [3.63, 3.8) is 0 Å². The van der Waals surface area contributed by atoms with Gasteiger partial charge in [0.2, 0.25) is 6.79 Å². The van der Waals surface area contributed by atoms with Crippen LogP contribution in [-0.4, -0.2) is 19.2 Å². The van der Waals surface area contributed by atoms with Crippen LogP contribution in [0.2, 0.25) is 0 Å². The monoisotopic (exact) mass is 389 g/mol. The number of ether oxygens (including phenoxy) is 2. The van der Waals surface area contributed by atoms with Gasteiger partial charge in [0.1, 0.15) is 6.04 Å². The van der Waals surface area contributed by atoms with Gasteiger partial charge < -0.3 is 20.1 Å². The Labute approximate surface area is 170 Å². The first-order valence-electron chi connectivity index (χ1n) is 9.83. The highest BCUT2D eigenvalue weighted by atomic mass is 16.7. The Morgan fingerprint density at radius 1 is 0.897 bits per heavy atom. The van der Waals surface area contributed by atoms with E-state index in [9.17, 15) is 4.79 Å². The van der Waals surface area contributed by atoms with Gasteiger partial charge in [-0.3, -0.25) is 4.79 Å². The van der Waals surface area contributed by atoms with E-state index >= 15 is 0 Å². The number of hydrogen-bond acceptors (Lipinski definition) is 3. The molecule has 3 aromatic carbocycles. The molecule has 148 valence electrons. The second kappa shape index (κ2) is 8.80. The van der Waals surface area contributed by atoms with Crippen LogP contribution in [0.1, 0.15) is 35.7 Å². The molecule has 5 nitrogen and oxygen atoms in total. The molecular formula is C24H25N2O3+. The van der Waals surface area contributed by atoms with E-state index in [-0.39, 0.29) is 24.8 Å². The Kier molecular flexibility index (Phi) is 5.77. The van der Waals surface area contributed by atoms with Crippen molar-refractivity contribution >= 4 is 5.91 Å². The summed E-state index contributed by atoms with van der Waals surface area (Å²) >= 11 is 0. The van der Waals surface area contributed by atoms with Crippen LogP contribution in [0.3, 0.4) is 0 Å². The van der Waals surface area contributed by atoms with Crippen molar-refractivity contribution in [1.82, 2.24) is 5.32 Å². The maximum Gasteiger partial charge on any atom is 0.275 e. The van der Waals surface area contributed by atoms with Crippen LogP contribution in [-0.2, 0) is 4.79 Å². The fraction of sp³-hybridized carbons (Fsp3) is 0.208. The Bertz CT molecular complexity index is 921. The maximum atomic E-state index is 12.6. The molecule has 0 spiro atoms. The van der Waals surface area contributed by atoms with Crippen LogP contribution in [0.15, 0.2) is 78.9 Å². The Hall–Kier alpha value is -3.31. The number of nitrogens with one attached hydrogen (secondary N) is 1. The van der Waals surface area contributed by atoms with Gasteiger partial charge in [-0.25, -0.2) is 0 Å². The SMILES string of the molecule is C[C@H](NC(=O)C[NH2+]C(c1ccccc1)c1ccccc1)c1ccc2c(c1)OCO2. The highest BCUT2D eigenvalue weighted by molar-refractivity contribution is 5.77. The van der Waals surface area contributed by atoms with Crippen LogP contribution in [0.25, 0.3) is 0 Å². The smallest absolute Gasteiger partial charge is 0.275 e. The summed E-state index contributed by atoms with van der Waals surface area (Å²) in [6.45, 7) is 2.56. The largest absolute Gasteiger partial charge is 0.454 e. The summed E-state index contributed by atoms with van der Waals surface area (Å²) in [5.74, 6) is 1.46. The molecular weight excluding hydrogens is 364 g/mol. The van der Waals surface area contributed by atoms with E-state index in [4.69, 9.17) is 9.47 Å². The van der Waals surface area contributed by atoms with Crippen LogP contribution in [0.5, 0.6) is 11.5 Å². The van der Waals surface area contributed by atoms with Gasteiger partial charge in [-0.1, -0.05) is 66.7 Å². The average Bonchev–Trinajstić information content (AvgIpc) is 3.23. The number of amides is 1. The molecule has 0 fully saturated rings. The van der Waals surface area contributed by atoms with Gasteiger partial charge in [0.15, 0.2) is 18.0 Å². The van der Waals surface area contributed by atoms with Gasteiger partial charge in [-0.05, 0) is 24.6 Å². The molecule has 0 bridgehead atoms. The van der Waals surface area contributed by atoms with Crippen molar-refractivity contribution in [3.8, 4) is 11.5 Å². The predicted octanol–water partition coefficient (Wildman–Crippen LogP) is 2.95. The molecule has 29 heavy (non-hydrogen) atoms. The van der Waals surface area contributed by atoms with E-state index < -0.39 is 0 Å². The Morgan fingerprint density at radius 3 is 2.17 bits per heavy atom. The van der Waals surface area contributed by atoms with Gasteiger partial charge in [0.05, 0.1) is 6.04 Å². The van der Waals surface area contributed by atoms with Crippen LogP contribution >= 0.6 is 0 Å². The molecule has 0 saturated carbocycles. The van der Waals surface area contributed by atoms with Crippen molar-refractivity contribution in [1.29, 1.82) is 0 Å². The van der Waals surface area contributed by atoms with E-state index in [0.717, 1.165) is 17.1 Å². The Balaban J connectivity index is 1.40. The highest BCUT2D eigenvalue weighted by Gasteiger charge is 2.20. The molecule has 0 aromatic heterocycles. The number of benzene rings is 3. The minimum atomic E-state index is -0.114. The molecule has 0 radical (unpaired) electrons. The molecule has 0 saturated heterocycles. The zero-order valence-corrected chi connectivity index (χ0v) is 16.4. The standard InChI is InChI=1S/C24H24N2O3/c1-17(20-12-13-21-22(14-20)29-16-28-21)26-23(27)15-25-24(18-8-4-2-5-9-18)19-10-6-3-7-11-19/h2-14,17,24-25H,15-16H2,1H3,(H,26,27)/p+1/t17-/m0/s1. The highest BCUT2D eigenvalue weighted by Crippen LogP contribution is 2.34. The van der Waals surface area contributed by atoms with E-state index in [2.05, 4.69) is 34.9 Å². The lowest BCUT2D eigenvalue weighted by Gasteiger charge is -2.18. The van der Waals surface area contributed by atoms with Crippen LogP contribution in [0.4, 0.5) is 0 Å². The lowest BCUT2D eigenvalue weighted by molar-refractivity contribution is -0.676. The zero-order valence-electron chi connectivity index (χ0n) is 16.4. The lowest BCUT2D eigenvalue weighted by atomic mass is 9.99. The predicted molar refractivity (Wildman–Crippen MR) is 111 cm³/mol. The number of rotatable bonds is 7. The van der Waals surface area contributed by atoms with E-state index in [1.807, 2.05) is 61.5 Å². The minimum absolute atomic E-state index is 0.00738. The summed E-state index contributed by atoms with van der Waals surface area (Å²) in [7, 11) is 0. The summed E-state index contributed by atoms with van der Waals surface area (Å²) < 4.78 is 10.8. The fourth-order valence-electron chi connectivity index (χ4n) is 3.58. The van der Waals surface area contributed by atoms with Crippen LogP contribution in [0, 0.1) is 0 Å². The van der Waals surface area contributed by atoms with Crippen molar-refractivity contribution in [2.45, 2.75) is 19.0 Å². The summed E-state index contributed by atoms with van der Waals surface area (Å²) in [4.78, 5) is 12.6. The van der Waals surface area contributed by atoms with Gasteiger partial charge in [0, 0.05) is 11.1 Å². The van der Waals surface area contributed by atoms with Crippen molar-refractivity contribution in [3.05, 3.63) is 95.6 Å². The van der Waals surface area contributed by atoms with Crippen molar-refractivity contribution in [2.24, 2.45) is 0 Å². The van der Waals surface area contributed by atoms with Gasteiger partial charge in [-0.15, -0.1) is 0 Å². The van der Waals surface area contributed by atoms with E-state index in [1.165, 1.54) is 11.1 Å². The lowest BCUT2D eigenvalue weighted by Crippen LogP contribution is -2.87. The third kappa shape index (κ3) is 4.58. The molecule has 1 aliphatic rings. The van der Waals surface area contributed by atoms with E-state index in [1.54, 1.807) is 0 Å². The Morgan fingerprint density at radius 2 is 1.52 bits per heavy atom. The summed E-state index contributed by atoms with van der Waals surface area (Å²) in [6, 6.07) is 26.2. The van der Waals surface area contributed by atoms with Gasteiger partial charge >= 0.3 is 0 Å². The topological polar surface area (TPSA) is 64.2 Å². The number of nitrogens with two attached hydrogens (primary N) is 1. The summed E-state index contributed by atoms with van der Waals surface area (Å²) in [5.41, 5.74) is 3.34. The quantitative estimate of drug-likeness (QED) is 0.653. The number of hydrogen-bond donors (Lipinski definition) is 2. The third-order valence-corrected chi connectivity index (χ3v) is 5.13. The summed E-state index contributed by atoms with van der Waals surface area (Å²) in [6.07, 6.45) is 0. The molecule has 4 rings (SSSR count). The molecule has 3 N–H and O–H groups in total. The first-order valence-corrected chi connectivity index (χ1v) is 9.83. The van der Waals surface area contributed by atoms with Gasteiger partial charge in [0.25, 0.3) is 5.91 Å². The second-order valence-electron chi connectivity index (χ2n) is 7.14. The molecule has 0 unspecified atom stereocenters. The third-order valence-electron chi connectivity index (χ3n) is 5.13. The molecule has 0 aliphatic carbocycles. The van der Waals surface area contributed by atoms with Gasteiger partial charge in [-0.2, -0.15) is 0 Å². The molecule has 1 heterocycles. The van der Waals surface area contributed by atoms with Crippen LogP contribution < -0.4 is 20.1 Å². The number of quaternary nitrogens is 1. The number of carbonyl (C=O) groups excluding carboxylic acids is 1. The first-order chi connectivity index (χ1) is 14.2. The fourth-order valence-corrected chi connectivity index (χ4v) is 3.58. The molecule has 1 aliphatic heterocycles. The number of carbonyl (C=O) groups is 1. The molecule has 1 atom stereocenters. The zero-order chi connectivity index (χ0) is 20.1. The van der Waals surface area contributed by atoms with Crippen molar-refractivity contribution < 1.29 is 19.6 Å². The normalized spacial score (nSPS) is 13.3. The summed E-state index contributed by atoms with van der Waals surface area (Å²) in [5, 5.41) is 5.15.